The molecule has 2 aromatic carbocycles. The van der Waals surface area contributed by atoms with Crippen LogP contribution in [0, 0.1) is 0 Å². The number of hydrogen-bond donors (Lipinski definition) is 1. The van der Waals surface area contributed by atoms with E-state index in [1.165, 1.54) is 11.1 Å². The Morgan fingerprint density at radius 2 is 1.83 bits per heavy atom. The Kier molecular flexibility index (Phi) is 4.37. The van der Waals surface area contributed by atoms with Crippen LogP contribution in [0.2, 0.25) is 0 Å². The first-order valence-electron chi connectivity index (χ1n) is 6.32. The van der Waals surface area contributed by atoms with Gasteiger partial charge in [-0.3, -0.25) is 0 Å². The van der Waals surface area contributed by atoms with E-state index in [1.54, 1.807) is 0 Å². The van der Waals surface area contributed by atoms with E-state index >= 15 is 0 Å². The van der Waals surface area contributed by atoms with Gasteiger partial charge in [-0.2, -0.15) is 0 Å². The topological polar surface area (TPSA) is 35.2 Å². The molecule has 0 aromatic heterocycles. The largest absolute Gasteiger partial charge is 0.494 e. The molecule has 2 nitrogen and oxygen atoms in total. The summed E-state index contributed by atoms with van der Waals surface area (Å²) in [6, 6.07) is 18.3. The summed E-state index contributed by atoms with van der Waals surface area (Å²) in [5.74, 6) is 0.912. The minimum Gasteiger partial charge on any atom is -0.494 e. The fraction of sp³-hybridized carbons (Fsp3) is 0.250. The molecule has 0 saturated heterocycles. The molecule has 1 unspecified atom stereocenters. The van der Waals surface area contributed by atoms with Crippen LogP contribution >= 0.6 is 0 Å². The zero-order valence-corrected chi connectivity index (χ0v) is 10.7. The fourth-order valence-electron chi connectivity index (χ4n) is 2.00. The van der Waals surface area contributed by atoms with Gasteiger partial charge in [0.1, 0.15) is 5.75 Å². The van der Waals surface area contributed by atoms with Gasteiger partial charge in [-0.1, -0.05) is 42.5 Å². The highest BCUT2D eigenvalue weighted by Crippen LogP contribution is 2.19. The molecule has 0 spiro atoms. The quantitative estimate of drug-likeness (QED) is 0.871. The third-order valence-electron chi connectivity index (χ3n) is 2.89. The van der Waals surface area contributed by atoms with Gasteiger partial charge >= 0.3 is 0 Å². The summed E-state index contributed by atoms with van der Waals surface area (Å²) in [5, 5.41) is 0. The Balaban J connectivity index is 2.07. The predicted molar refractivity (Wildman–Crippen MR) is 74.7 cm³/mol. The van der Waals surface area contributed by atoms with Crippen molar-refractivity contribution in [1.82, 2.24) is 0 Å². The van der Waals surface area contributed by atoms with Crippen molar-refractivity contribution in [3.63, 3.8) is 0 Å². The van der Waals surface area contributed by atoms with E-state index in [9.17, 15) is 0 Å². The van der Waals surface area contributed by atoms with Crippen molar-refractivity contribution in [2.24, 2.45) is 5.73 Å². The van der Waals surface area contributed by atoms with Gasteiger partial charge in [-0.05, 0) is 36.6 Å². The number of nitrogens with two attached hydrogens (primary N) is 1. The molecule has 0 bridgehead atoms. The molecular formula is C16H19NO. The molecule has 2 N–H and O–H groups in total. The Hall–Kier alpha value is -1.80. The highest BCUT2D eigenvalue weighted by Gasteiger charge is 2.07. The molecule has 2 aromatic rings. The van der Waals surface area contributed by atoms with Gasteiger partial charge in [0.2, 0.25) is 0 Å². The molecular weight excluding hydrogens is 222 g/mol. The lowest BCUT2D eigenvalue weighted by molar-refractivity contribution is 0.340. The lowest BCUT2D eigenvalue weighted by Gasteiger charge is -2.13. The highest BCUT2D eigenvalue weighted by molar-refractivity contribution is 5.30. The van der Waals surface area contributed by atoms with Crippen LogP contribution in [0.15, 0.2) is 54.6 Å². The molecule has 18 heavy (non-hydrogen) atoms. The van der Waals surface area contributed by atoms with Crippen molar-refractivity contribution in [3.8, 4) is 5.75 Å². The molecule has 1 atom stereocenters. The third-order valence-corrected chi connectivity index (χ3v) is 2.89. The average Bonchev–Trinajstić information content (AvgIpc) is 2.40. The number of ether oxygens (including phenoxy) is 1. The van der Waals surface area contributed by atoms with Crippen LogP contribution in [0.3, 0.4) is 0 Å². The summed E-state index contributed by atoms with van der Waals surface area (Å²) in [4.78, 5) is 0. The van der Waals surface area contributed by atoms with E-state index < -0.39 is 0 Å². The molecule has 2 heteroatoms. The van der Waals surface area contributed by atoms with Crippen molar-refractivity contribution in [2.45, 2.75) is 19.4 Å². The first-order chi connectivity index (χ1) is 8.79. The minimum atomic E-state index is 0.0306. The van der Waals surface area contributed by atoms with E-state index in [-0.39, 0.29) is 6.04 Å². The second kappa shape index (κ2) is 6.22. The monoisotopic (exact) mass is 241 g/mol. The van der Waals surface area contributed by atoms with Crippen molar-refractivity contribution >= 4 is 0 Å². The molecule has 0 radical (unpaired) electrons. The van der Waals surface area contributed by atoms with Crippen LogP contribution in [-0.2, 0) is 6.42 Å². The van der Waals surface area contributed by atoms with Crippen LogP contribution in [-0.4, -0.2) is 6.61 Å². The van der Waals surface area contributed by atoms with Crippen molar-refractivity contribution in [1.29, 1.82) is 0 Å². The second-order valence-electron chi connectivity index (χ2n) is 4.30. The molecule has 94 valence electrons. The summed E-state index contributed by atoms with van der Waals surface area (Å²) in [6.45, 7) is 2.68. The number of hydrogen-bond acceptors (Lipinski definition) is 2. The first-order valence-corrected chi connectivity index (χ1v) is 6.32. The average molecular weight is 241 g/mol. The SMILES string of the molecule is CCOc1cccc(CC(N)c2ccccc2)c1. The Labute approximate surface area is 108 Å². The van der Waals surface area contributed by atoms with Crippen LogP contribution in [0.1, 0.15) is 24.1 Å². The molecule has 0 heterocycles. The maximum Gasteiger partial charge on any atom is 0.119 e. The van der Waals surface area contributed by atoms with E-state index in [0.717, 1.165) is 12.2 Å². The Morgan fingerprint density at radius 3 is 2.56 bits per heavy atom. The maximum atomic E-state index is 6.21. The van der Waals surface area contributed by atoms with Crippen molar-refractivity contribution < 1.29 is 4.74 Å². The standard InChI is InChI=1S/C16H19NO/c1-2-18-15-10-6-7-13(11-15)12-16(17)14-8-4-3-5-9-14/h3-11,16H,2,12,17H2,1H3. The van der Waals surface area contributed by atoms with Crippen LogP contribution in [0.25, 0.3) is 0 Å². The van der Waals surface area contributed by atoms with Crippen molar-refractivity contribution in [2.75, 3.05) is 6.61 Å². The highest BCUT2D eigenvalue weighted by atomic mass is 16.5. The summed E-state index contributed by atoms with van der Waals surface area (Å²) < 4.78 is 5.49. The third kappa shape index (κ3) is 3.34. The number of benzene rings is 2. The van der Waals surface area contributed by atoms with Gasteiger partial charge in [-0.25, -0.2) is 0 Å². The molecule has 0 aliphatic heterocycles. The van der Waals surface area contributed by atoms with Crippen LogP contribution in [0.4, 0.5) is 0 Å². The summed E-state index contributed by atoms with van der Waals surface area (Å²) >= 11 is 0. The molecule has 0 amide bonds. The number of rotatable bonds is 5. The van der Waals surface area contributed by atoms with E-state index in [4.69, 9.17) is 10.5 Å². The summed E-state index contributed by atoms with van der Waals surface area (Å²) in [7, 11) is 0. The summed E-state index contributed by atoms with van der Waals surface area (Å²) in [6.07, 6.45) is 0.824. The Morgan fingerprint density at radius 1 is 1.06 bits per heavy atom. The van der Waals surface area contributed by atoms with Gasteiger partial charge in [-0.15, -0.1) is 0 Å². The van der Waals surface area contributed by atoms with Gasteiger partial charge in [0, 0.05) is 6.04 Å². The van der Waals surface area contributed by atoms with E-state index in [0.29, 0.717) is 6.61 Å². The molecule has 0 aliphatic carbocycles. The van der Waals surface area contributed by atoms with Gasteiger partial charge < -0.3 is 10.5 Å². The van der Waals surface area contributed by atoms with Crippen molar-refractivity contribution in [3.05, 3.63) is 65.7 Å². The second-order valence-corrected chi connectivity index (χ2v) is 4.30. The first kappa shape index (κ1) is 12.7. The van der Waals surface area contributed by atoms with Crippen LogP contribution in [0.5, 0.6) is 5.75 Å². The zero-order chi connectivity index (χ0) is 12.8. The summed E-state index contributed by atoms with van der Waals surface area (Å²) in [5.41, 5.74) is 8.58. The maximum absolute atomic E-state index is 6.21. The smallest absolute Gasteiger partial charge is 0.119 e. The molecule has 0 aliphatic rings. The Bertz CT molecular complexity index is 481. The van der Waals surface area contributed by atoms with Gasteiger partial charge in [0.05, 0.1) is 6.61 Å². The lowest BCUT2D eigenvalue weighted by atomic mass is 10.00. The molecule has 0 saturated carbocycles. The lowest BCUT2D eigenvalue weighted by Crippen LogP contribution is -2.13. The van der Waals surface area contributed by atoms with E-state index in [2.05, 4.69) is 24.3 Å². The molecule has 0 fully saturated rings. The van der Waals surface area contributed by atoms with E-state index in [1.807, 2.05) is 37.3 Å². The van der Waals surface area contributed by atoms with Gasteiger partial charge in [0.25, 0.3) is 0 Å². The normalized spacial score (nSPS) is 12.1. The zero-order valence-electron chi connectivity index (χ0n) is 10.7. The minimum absolute atomic E-state index is 0.0306. The molecule has 2 rings (SSSR count). The predicted octanol–water partition coefficient (Wildman–Crippen LogP) is 3.33. The fourth-order valence-corrected chi connectivity index (χ4v) is 2.00. The van der Waals surface area contributed by atoms with Gasteiger partial charge in [0.15, 0.2) is 0 Å². The van der Waals surface area contributed by atoms with Crippen LogP contribution < -0.4 is 10.5 Å².